The molecule has 1 atom stereocenters. The quantitative estimate of drug-likeness (QED) is 0.417. The van der Waals surface area contributed by atoms with Gasteiger partial charge in [0, 0.05) is 37.2 Å². The van der Waals surface area contributed by atoms with Gasteiger partial charge in [-0.2, -0.15) is 17.9 Å². The number of hydrogen-bond donors (Lipinski definition) is 2. The predicted molar refractivity (Wildman–Crippen MR) is 106 cm³/mol. The highest BCUT2D eigenvalue weighted by Gasteiger charge is 2.40. The number of aromatic nitrogens is 1. The van der Waals surface area contributed by atoms with Gasteiger partial charge in [0.15, 0.2) is 5.82 Å². The summed E-state index contributed by atoms with van der Waals surface area (Å²) in [4.78, 5) is 11.6. The highest BCUT2D eigenvalue weighted by atomic mass is 35.5. The Morgan fingerprint density at radius 1 is 1.32 bits per heavy atom. The molecular formula is C18H20ClF4N3O4S. The molecule has 13 heteroatoms. The number of anilines is 1. The number of amides is 1. The van der Waals surface area contributed by atoms with Gasteiger partial charge in [0.05, 0.1) is 0 Å². The fourth-order valence-corrected chi connectivity index (χ4v) is 4.11. The summed E-state index contributed by atoms with van der Waals surface area (Å²) in [6, 6.07) is 3.48. The Morgan fingerprint density at radius 3 is 2.58 bits per heavy atom. The number of sulfonamides is 1. The minimum absolute atomic E-state index is 0.0204. The number of methoxy groups -OCH3 is 1. The summed E-state index contributed by atoms with van der Waals surface area (Å²) in [5.41, 5.74) is -0.439. The Kier molecular flexibility index (Phi) is 8.09. The van der Waals surface area contributed by atoms with Crippen LogP contribution in [0.4, 0.5) is 23.2 Å². The maximum atomic E-state index is 15.0. The van der Waals surface area contributed by atoms with Crippen LogP contribution in [0.1, 0.15) is 23.8 Å². The number of nitrogens with zero attached hydrogens (tertiary/aromatic N) is 1. The maximum Gasteiger partial charge on any atom is 0.404 e. The molecule has 0 aliphatic carbocycles. The molecule has 0 radical (unpaired) electrons. The summed E-state index contributed by atoms with van der Waals surface area (Å²) in [6.07, 6.45) is -3.81. The molecule has 1 aromatic carbocycles. The zero-order valence-corrected chi connectivity index (χ0v) is 18.0. The Labute approximate surface area is 181 Å². The van der Waals surface area contributed by atoms with Crippen molar-refractivity contribution in [1.29, 1.82) is 0 Å². The third-order valence-electron chi connectivity index (χ3n) is 4.14. The van der Waals surface area contributed by atoms with E-state index in [9.17, 15) is 26.4 Å². The van der Waals surface area contributed by atoms with Crippen LogP contribution in [0.15, 0.2) is 35.4 Å². The van der Waals surface area contributed by atoms with Crippen molar-refractivity contribution in [2.45, 2.75) is 37.0 Å². The Morgan fingerprint density at radius 2 is 2.00 bits per heavy atom. The second kappa shape index (κ2) is 9.98. The zero-order chi connectivity index (χ0) is 23.4. The minimum atomic E-state index is -4.92. The van der Waals surface area contributed by atoms with Gasteiger partial charge in [0.25, 0.3) is 5.91 Å². The molecule has 7 nitrogen and oxygen atoms in total. The molecular weight excluding hydrogens is 466 g/mol. The smallest absolute Gasteiger partial charge is 0.385 e. The average molecular weight is 486 g/mol. The molecule has 0 saturated carbocycles. The van der Waals surface area contributed by atoms with Crippen LogP contribution in [0.25, 0.3) is 0 Å². The van der Waals surface area contributed by atoms with E-state index in [4.69, 9.17) is 16.3 Å². The maximum absolute atomic E-state index is 15.0. The van der Waals surface area contributed by atoms with E-state index in [1.807, 2.05) is 0 Å². The first-order chi connectivity index (χ1) is 14.4. The standard InChI is InChI=1S/C18H20ClF4N3O4S/c1-11(18(21,22)23)25-31(28,29)14-10-26(7-4-8-30-2)16(15(14)20)17(27)24-13-6-3-5-12(19)9-13/h3,5-6,9-11,25H,4,7-8H2,1-2H3,(H,24,27)/t11-/m1/s1. The van der Waals surface area contributed by atoms with E-state index >= 15 is 4.39 Å². The number of ether oxygens (including phenoxy) is 1. The minimum Gasteiger partial charge on any atom is -0.385 e. The molecule has 2 aromatic rings. The molecule has 172 valence electrons. The van der Waals surface area contributed by atoms with Crippen LogP contribution in [-0.2, 0) is 21.3 Å². The lowest BCUT2D eigenvalue weighted by atomic mass is 10.3. The van der Waals surface area contributed by atoms with Gasteiger partial charge in [-0.1, -0.05) is 17.7 Å². The number of aryl methyl sites for hydroxylation is 1. The van der Waals surface area contributed by atoms with Crippen molar-refractivity contribution >= 4 is 33.2 Å². The van der Waals surface area contributed by atoms with Crippen molar-refractivity contribution in [3.05, 3.63) is 47.0 Å². The molecule has 1 amide bonds. The van der Waals surface area contributed by atoms with E-state index < -0.39 is 44.6 Å². The highest BCUT2D eigenvalue weighted by molar-refractivity contribution is 7.89. The van der Waals surface area contributed by atoms with Crippen LogP contribution in [0.5, 0.6) is 0 Å². The van der Waals surface area contributed by atoms with Crippen LogP contribution < -0.4 is 10.0 Å². The molecule has 0 saturated heterocycles. The number of benzene rings is 1. The molecule has 0 bridgehead atoms. The van der Waals surface area contributed by atoms with E-state index in [0.29, 0.717) is 11.9 Å². The summed E-state index contributed by atoms with van der Waals surface area (Å²) in [6.45, 7) is 0.784. The van der Waals surface area contributed by atoms with Gasteiger partial charge < -0.3 is 14.6 Å². The normalized spacial score (nSPS) is 13.3. The number of alkyl halides is 3. The molecule has 0 fully saturated rings. The fraction of sp³-hybridized carbons (Fsp3) is 0.389. The van der Waals surface area contributed by atoms with Gasteiger partial charge in [-0.15, -0.1) is 0 Å². The van der Waals surface area contributed by atoms with Crippen LogP contribution in [0.3, 0.4) is 0 Å². The summed E-state index contributed by atoms with van der Waals surface area (Å²) in [5.74, 6) is -2.47. The number of nitrogens with one attached hydrogen (secondary N) is 2. The Hall–Kier alpha value is -2.15. The molecule has 0 unspecified atom stereocenters. The molecule has 0 spiro atoms. The SMILES string of the molecule is COCCCn1cc(S(=O)(=O)N[C@H](C)C(F)(F)F)c(F)c1C(=O)Nc1cccc(Cl)c1. The van der Waals surface area contributed by atoms with Crippen molar-refractivity contribution in [2.24, 2.45) is 0 Å². The van der Waals surface area contributed by atoms with Crippen molar-refractivity contribution in [3.63, 3.8) is 0 Å². The first kappa shape index (κ1) is 25.1. The third-order valence-corrected chi connectivity index (χ3v) is 5.90. The van der Waals surface area contributed by atoms with E-state index in [1.54, 1.807) is 6.07 Å². The topological polar surface area (TPSA) is 89.4 Å². The molecule has 1 heterocycles. The van der Waals surface area contributed by atoms with E-state index in [-0.39, 0.29) is 25.3 Å². The summed E-state index contributed by atoms with van der Waals surface area (Å²) < 4.78 is 85.4. The zero-order valence-electron chi connectivity index (χ0n) is 16.5. The summed E-state index contributed by atoms with van der Waals surface area (Å²) in [7, 11) is -3.50. The fourth-order valence-electron chi connectivity index (χ4n) is 2.60. The van der Waals surface area contributed by atoms with Gasteiger partial charge in [0.2, 0.25) is 10.0 Å². The highest BCUT2D eigenvalue weighted by Crippen LogP contribution is 2.26. The lowest BCUT2D eigenvalue weighted by Crippen LogP contribution is -2.43. The van der Waals surface area contributed by atoms with Gasteiger partial charge in [0.1, 0.15) is 16.6 Å². The van der Waals surface area contributed by atoms with E-state index in [1.165, 1.54) is 30.0 Å². The molecule has 0 aliphatic rings. The van der Waals surface area contributed by atoms with Crippen LogP contribution in [0, 0.1) is 5.82 Å². The van der Waals surface area contributed by atoms with E-state index in [2.05, 4.69) is 5.32 Å². The summed E-state index contributed by atoms with van der Waals surface area (Å²) >= 11 is 5.85. The van der Waals surface area contributed by atoms with Crippen molar-refractivity contribution in [2.75, 3.05) is 19.0 Å². The van der Waals surface area contributed by atoms with Gasteiger partial charge in [-0.3, -0.25) is 4.79 Å². The largest absolute Gasteiger partial charge is 0.404 e. The summed E-state index contributed by atoms with van der Waals surface area (Å²) in [5, 5.41) is 2.68. The Bertz CT molecular complexity index is 1040. The first-order valence-corrected chi connectivity index (χ1v) is 10.8. The lowest BCUT2D eigenvalue weighted by Gasteiger charge is -2.16. The first-order valence-electron chi connectivity index (χ1n) is 8.90. The Balaban J connectivity index is 2.44. The number of halogens is 5. The predicted octanol–water partition coefficient (Wildman–Crippen LogP) is 3.80. The van der Waals surface area contributed by atoms with Crippen LogP contribution >= 0.6 is 11.6 Å². The molecule has 2 rings (SSSR count). The van der Waals surface area contributed by atoms with Gasteiger partial charge in [-0.25, -0.2) is 12.8 Å². The molecule has 2 N–H and O–H groups in total. The molecule has 1 aromatic heterocycles. The van der Waals surface area contributed by atoms with Crippen LogP contribution in [0.2, 0.25) is 5.02 Å². The van der Waals surface area contributed by atoms with Gasteiger partial charge in [-0.05, 0) is 31.5 Å². The second-order valence-electron chi connectivity index (χ2n) is 6.54. The second-order valence-corrected chi connectivity index (χ2v) is 8.66. The molecule has 0 aliphatic heterocycles. The number of carbonyl (C=O) groups excluding carboxylic acids is 1. The van der Waals surface area contributed by atoms with Crippen molar-refractivity contribution in [1.82, 2.24) is 9.29 Å². The number of hydrogen-bond acceptors (Lipinski definition) is 4. The molecule has 31 heavy (non-hydrogen) atoms. The monoisotopic (exact) mass is 485 g/mol. The lowest BCUT2D eigenvalue weighted by molar-refractivity contribution is -0.147. The van der Waals surface area contributed by atoms with E-state index in [0.717, 1.165) is 10.8 Å². The van der Waals surface area contributed by atoms with Crippen molar-refractivity contribution < 1.29 is 35.5 Å². The van der Waals surface area contributed by atoms with Crippen molar-refractivity contribution in [3.8, 4) is 0 Å². The number of rotatable bonds is 9. The van der Waals surface area contributed by atoms with Gasteiger partial charge >= 0.3 is 6.18 Å². The number of carbonyl (C=O) groups is 1. The average Bonchev–Trinajstić information content (AvgIpc) is 2.98. The van der Waals surface area contributed by atoms with Crippen LogP contribution in [-0.4, -0.2) is 44.8 Å². The third kappa shape index (κ3) is 6.42.